The summed E-state index contributed by atoms with van der Waals surface area (Å²) >= 11 is 0. The third kappa shape index (κ3) is 3.61. The second kappa shape index (κ2) is 6.79. The zero-order chi connectivity index (χ0) is 16.4. The summed E-state index contributed by atoms with van der Waals surface area (Å²) in [5.74, 6) is 0. The van der Waals surface area contributed by atoms with Crippen molar-refractivity contribution in [2.75, 3.05) is 64.3 Å². The second-order valence-corrected chi connectivity index (χ2v) is 6.82. The number of carbonyl (C=O) groups is 1. The van der Waals surface area contributed by atoms with Crippen LogP contribution in [0.4, 0.5) is 10.5 Å². The van der Waals surface area contributed by atoms with Crippen molar-refractivity contribution in [3.63, 3.8) is 0 Å². The second-order valence-electron chi connectivity index (χ2n) is 6.82. The van der Waals surface area contributed by atoms with E-state index in [4.69, 9.17) is 0 Å². The van der Waals surface area contributed by atoms with Gasteiger partial charge in [-0.1, -0.05) is 6.07 Å². The van der Waals surface area contributed by atoms with Crippen molar-refractivity contribution in [2.45, 2.75) is 13.8 Å². The Balaban J connectivity index is 1.55. The van der Waals surface area contributed by atoms with Gasteiger partial charge >= 0.3 is 6.03 Å². The van der Waals surface area contributed by atoms with Gasteiger partial charge in [-0.2, -0.15) is 0 Å². The predicted molar refractivity (Wildman–Crippen MR) is 94.2 cm³/mol. The van der Waals surface area contributed by atoms with E-state index < -0.39 is 0 Å². The van der Waals surface area contributed by atoms with E-state index in [0.29, 0.717) is 0 Å². The Morgan fingerprint density at radius 1 is 0.826 bits per heavy atom. The van der Waals surface area contributed by atoms with Crippen molar-refractivity contribution in [2.24, 2.45) is 0 Å². The van der Waals surface area contributed by atoms with Crippen LogP contribution in [0.5, 0.6) is 0 Å². The molecular weight excluding hydrogens is 288 g/mol. The maximum atomic E-state index is 12.6. The number of aryl methyl sites for hydroxylation is 2. The van der Waals surface area contributed by atoms with Crippen LogP contribution in [0.2, 0.25) is 0 Å². The van der Waals surface area contributed by atoms with Gasteiger partial charge in [-0.25, -0.2) is 4.79 Å². The maximum absolute atomic E-state index is 12.6. The lowest BCUT2D eigenvalue weighted by molar-refractivity contribution is 0.120. The third-order valence-electron chi connectivity index (χ3n) is 5.18. The molecule has 3 rings (SSSR count). The fourth-order valence-electron chi connectivity index (χ4n) is 3.28. The summed E-state index contributed by atoms with van der Waals surface area (Å²) in [6.07, 6.45) is 0. The van der Waals surface area contributed by atoms with Gasteiger partial charge < -0.3 is 19.6 Å². The van der Waals surface area contributed by atoms with Crippen LogP contribution in [0.1, 0.15) is 11.1 Å². The first-order valence-electron chi connectivity index (χ1n) is 8.59. The molecule has 2 saturated heterocycles. The average Bonchev–Trinajstić information content (AvgIpc) is 2.57. The van der Waals surface area contributed by atoms with Crippen LogP contribution < -0.4 is 4.90 Å². The topological polar surface area (TPSA) is 30.0 Å². The number of rotatable bonds is 1. The van der Waals surface area contributed by atoms with Gasteiger partial charge in [0.2, 0.25) is 0 Å². The highest BCUT2D eigenvalue weighted by Crippen LogP contribution is 2.20. The Hall–Kier alpha value is -1.75. The van der Waals surface area contributed by atoms with Crippen molar-refractivity contribution in [3.05, 3.63) is 29.3 Å². The molecule has 0 spiro atoms. The molecule has 0 bridgehead atoms. The monoisotopic (exact) mass is 316 g/mol. The first kappa shape index (κ1) is 16.1. The molecule has 1 aromatic rings. The molecule has 2 aliphatic rings. The fourth-order valence-corrected chi connectivity index (χ4v) is 3.28. The molecule has 0 unspecified atom stereocenters. The molecule has 2 amide bonds. The molecule has 5 heteroatoms. The first-order valence-corrected chi connectivity index (χ1v) is 8.59. The summed E-state index contributed by atoms with van der Waals surface area (Å²) in [4.78, 5) is 21.3. The van der Waals surface area contributed by atoms with E-state index in [2.05, 4.69) is 48.9 Å². The minimum Gasteiger partial charge on any atom is -0.368 e. The van der Waals surface area contributed by atoms with Gasteiger partial charge in [0.25, 0.3) is 0 Å². The van der Waals surface area contributed by atoms with Crippen LogP contribution in [-0.2, 0) is 0 Å². The number of piperazine rings is 2. The Bertz CT molecular complexity index is 558. The molecule has 0 atom stereocenters. The molecule has 2 fully saturated rings. The van der Waals surface area contributed by atoms with E-state index in [1.54, 1.807) is 0 Å². The summed E-state index contributed by atoms with van der Waals surface area (Å²) in [5, 5.41) is 0. The zero-order valence-electron chi connectivity index (χ0n) is 14.6. The fraction of sp³-hybridized carbons (Fsp3) is 0.611. The molecule has 5 nitrogen and oxygen atoms in total. The number of benzene rings is 1. The molecule has 0 aromatic heterocycles. The number of urea groups is 1. The molecule has 0 aliphatic carbocycles. The smallest absolute Gasteiger partial charge is 0.320 e. The molecule has 1 aromatic carbocycles. The van der Waals surface area contributed by atoms with Crippen molar-refractivity contribution in [1.82, 2.24) is 14.7 Å². The van der Waals surface area contributed by atoms with Crippen molar-refractivity contribution in [1.29, 1.82) is 0 Å². The number of likely N-dealkylation sites (N-methyl/N-ethyl adjacent to an activating group) is 1. The van der Waals surface area contributed by atoms with Gasteiger partial charge in [0.1, 0.15) is 0 Å². The Morgan fingerprint density at radius 3 is 1.96 bits per heavy atom. The van der Waals surface area contributed by atoms with Crippen LogP contribution in [-0.4, -0.2) is 80.1 Å². The predicted octanol–water partition coefficient (Wildman–Crippen LogP) is 1.79. The number of nitrogens with zero attached hydrogens (tertiary/aromatic N) is 4. The third-order valence-corrected chi connectivity index (χ3v) is 5.18. The van der Waals surface area contributed by atoms with Gasteiger partial charge in [0, 0.05) is 58.0 Å². The van der Waals surface area contributed by atoms with Crippen LogP contribution in [0.3, 0.4) is 0 Å². The first-order chi connectivity index (χ1) is 11.0. The van der Waals surface area contributed by atoms with Crippen LogP contribution in [0.15, 0.2) is 18.2 Å². The van der Waals surface area contributed by atoms with Crippen LogP contribution in [0, 0.1) is 13.8 Å². The van der Waals surface area contributed by atoms with E-state index in [0.717, 1.165) is 52.4 Å². The minimum absolute atomic E-state index is 0.220. The van der Waals surface area contributed by atoms with E-state index in [1.165, 1.54) is 16.8 Å². The lowest BCUT2D eigenvalue weighted by Gasteiger charge is -2.40. The number of hydrogen-bond donors (Lipinski definition) is 0. The molecule has 23 heavy (non-hydrogen) atoms. The van der Waals surface area contributed by atoms with E-state index in [9.17, 15) is 4.79 Å². The Labute approximate surface area is 139 Å². The van der Waals surface area contributed by atoms with E-state index in [-0.39, 0.29) is 6.03 Å². The molecule has 126 valence electrons. The normalized spacial score (nSPS) is 20.0. The highest BCUT2D eigenvalue weighted by molar-refractivity contribution is 5.75. The molecule has 0 radical (unpaired) electrons. The van der Waals surface area contributed by atoms with Gasteiger partial charge in [-0.3, -0.25) is 0 Å². The summed E-state index contributed by atoms with van der Waals surface area (Å²) in [6.45, 7) is 11.4. The molecule has 0 N–H and O–H groups in total. The standard InChI is InChI=1S/C18H28N4O/c1-15-4-5-17(14-16(15)2)20-10-12-22(13-11-20)18(23)21-8-6-19(3)7-9-21/h4-5,14H,6-13H2,1-3H3. The number of anilines is 1. The quantitative estimate of drug-likeness (QED) is 0.791. The number of amides is 2. The highest BCUT2D eigenvalue weighted by atomic mass is 16.2. The highest BCUT2D eigenvalue weighted by Gasteiger charge is 2.27. The summed E-state index contributed by atoms with van der Waals surface area (Å²) in [5.41, 5.74) is 3.94. The number of carbonyl (C=O) groups excluding carboxylic acids is 1. The van der Waals surface area contributed by atoms with Crippen LogP contribution >= 0.6 is 0 Å². The Morgan fingerprint density at radius 2 is 1.39 bits per heavy atom. The molecular formula is C18H28N4O. The van der Waals surface area contributed by atoms with Crippen molar-refractivity contribution < 1.29 is 4.79 Å². The van der Waals surface area contributed by atoms with Crippen molar-refractivity contribution >= 4 is 11.7 Å². The van der Waals surface area contributed by atoms with E-state index >= 15 is 0 Å². The molecule has 2 heterocycles. The number of hydrogen-bond acceptors (Lipinski definition) is 3. The SMILES string of the molecule is Cc1ccc(N2CCN(C(=O)N3CCN(C)CC3)CC2)cc1C. The summed E-state index contributed by atoms with van der Waals surface area (Å²) < 4.78 is 0. The van der Waals surface area contributed by atoms with Gasteiger partial charge in [-0.15, -0.1) is 0 Å². The molecule has 0 saturated carbocycles. The summed E-state index contributed by atoms with van der Waals surface area (Å²) in [7, 11) is 2.12. The zero-order valence-corrected chi connectivity index (χ0v) is 14.6. The van der Waals surface area contributed by atoms with Gasteiger partial charge in [0.15, 0.2) is 0 Å². The summed E-state index contributed by atoms with van der Waals surface area (Å²) in [6, 6.07) is 6.86. The van der Waals surface area contributed by atoms with Crippen LogP contribution in [0.25, 0.3) is 0 Å². The lowest BCUT2D eigenvalue weighted by atomic mass is 10.1. The van der Waals surface area contributed by atoms with Gasteiger partial charge in [0.05, 0.1) is 0 Å². The molecule has 2 aliphatic heterocycles. The van der Waals surface area contributed by atoms with Gasteiger partial charge in [-0.05, 0) is 44.2 Å². The average molecular weight is 316 g/mol. The minimum atomic E-state index is 0.220. The lowest BCUT2D eigenvalue weighted by Crippen LogP contribution is -2.56. The maximum Gasteiger partial charge on any atom is 0.320 e. The largest absolute Gasteiger partial charge is 0.368 e. The van der Waals surface area contributed by atoms with E-state index in [1.807, 2.05) is 9.80 Å². The van der Waals surface area contributed by atoms with Crippen molar-refractivity contribution in [3.8, 4) is 0 Å². The Kier molecular flexibility index (Phi) is 4.76.